The van der Waals surface area contributed by atoms with Gasteiger partial charge < -0.3 is 15.6 Å². The van der Waals surface area contributed by atoms with Crippen LogP contribution in [0.2, 0.25) is 0 Å². The van der Waals surface area contributed by atoms with Crippen molar-refractivity contribution < 1.29 is 4.79 Å². The summed E-state index contributed by atoms with van der Waals surface area (Å²) in [7, 11) is 0. The molecule has 1 aliphatic heterocycles. The number of carbonyl (C=O) groups excluding carboxylic acids is 1. The van der Waals surface area contributed by atoms with Crippen molar-refractivity contribution in [2.45, 2.75) is 26.2 Å². The summed E-state index contributed by atoms with van der Waals surface area (Å²) in [6.07, 6.45) is 7.79. The summed E-state index contributed by atoms with van der Waals surface area (Å²) in [5, 5.41) is 14.9. The second kappa shape index (κ2) is 10.3. The molecular weight excluding hydrogens is 520 g/mol. The summed E-state index contributed by atoms with van der Waals surface area (Å²) in [6, 6.07) is 14.4. The van der Waals surface area contributed by atoms with Crippen LogP contribution in [-0.2, 0) is 4.79 Å². The molecule has 1 saturated heterocycles. The number of pyridine rings is 2. The number of aromatic amines is 2. The molecule has 6 heterocycles. The van der Waals surface area contributed by atoms with Crippen molar-refractivity contribution in [3.05, 3.63) is 65.9 Å². The van der Waals surface area contributed by atoms with Crippen molar-refractivity contribution in [2.24, 2.45) is 5.92 Å². The number of nitrogens with zero attached hydrogens (tertiary/aromatic N) is 4. The van der Waals surface area contributed by atoms with E-state index in [0.29, 0.717) is 23.9 Å². The molecular formula is C30H28N8OS. The molecule has 0 saturated carbocycles. The van der Waals surface area contributed by atoms with Crippen LogP contribution < -0.4 is 10.6 Å². The van der Waals surface area contributed by atoms with Gasteiger partial charge in [0, 0.05) is 38.9 Å². The van der Waals surface area contributed by atoms with Gasteiger partial charge in [0.15, 0.2) is 5.82 Å². The highest BCUT2D eigenvalue weighted by molar-refractivity contribution is 7.15. The first-order valence-corrected chi connectivity index (χ1v) is 14.3. The van der Waals surface area contributed by atoms with Crippen molar-refractivity contribution in [1.82, 2.24) is 35.5 Å². The van der Waals surface area contributed by atoms with Gasteiger partial charge in [0.25, 0.3) is 0 Å². The Balaban J connectivity index is 1.19. The van der Waals surface area contributed by atoms with Crippen LogP contribution in [0.25, 0.3) is 55.2 Å². The highest BCUT2D eigenvalue weighted by atomic mass is 32.1. The largest absolute Gasteiger partial charge is 0.337 e. The molecule has 1 aromatic carbocycles. The molecule has 5 aromatic heterocycles. The molecule has 1 fully saturated rings. The van der Waals surface area contributed by atoms with E-state index in [1.807, 2.05) is 24.3 Å². The van der Waals surface area contributed by atoms with Gasteiger partial charge in [-0.05, 0) is 69.1 Å². The first-order chi connectivity index (χ1) is 19.6. The van der Waals surface area contributed by atoms with Crippen LogP contribution >= 0.6 is 11.3 Å². The van der Waals surface area contributed by atoms with Crippen molar-refractivity contribution in [2.75, 3.05) is 18.4 Å². The number of para-hydroxylation sites is 1. The minimum absolute atomic E-state index is 0.0216. The van der Waals surface area contributed by atoms with Crippen molar-refractivity contribution >= 4 is 44.9 Å². The number of benzene rings is 1. The number of hydrogen-bond donors (Lipinski definition) is 4. The summed E-state index contributed by atoms with van der Waals surface area (Å²) in [4.78, 5) is 32.6. The Kier molecular flexibility index (Phi) is 6.33. The third-order valence-electron chi connectivity index (χ3n) is 7.44. The van der Waals surface area contributed by atoms with Gasteiger partial charge in [0.2, 0.25) is 5.91 Å². The lowest BCUT2D eigenvalue weighted by molar-refractivity contribution is -0.117. The lowest BCUT2D eigenvalue weighted by Gasteiger charge is -2.21. The molecule has 7 rings (SSSR count). The number of aromatic nitrogens is 6. The van der Waals surface area contributed by atoms with Crippen LogP contribution in [-0.4, -0.2) is 49.1 Å². The molecule has 4 N–H and O–H groups in total. The van der Waals surface area contributed by atoms with Gasteiger partial charge in [-0.2, -0.15) is 5.10 Å². The number of imidazole rings is 1. The van der Waals surface area contributed by atoms with Crippen molar-refractivity contribution in [1.29, 1.82) is 0 Å². The maximum absolute atomic E-state index is 12.7. The zero-order valence-electron chi connectivity index (χ0n) is 22.0. The first-order valence-electron chi connectivity index (χ1n) is 13.5. The number of rotatable bonds is 6. The number of piperidine rings is 1. The highest BCUT2D eigenvalue weighted by Crippen LogP contribution is 2.35. The SMILES string of the molecule is Cc1ccc(-c2cccc3[nH]c(-c4n[nH]c5cnc(-c6cncc(NC(=O)CC7CCNCC7)c6)cc45)nc23)s1. The summed E-state index contributed by atoms with van der Waals surface area (Å²) in [5.41, 5.74) is 6.74. The Bertz CT molecular complexity index is 1850. The lowest BCUT2D eigenvalue weighted by Crippen LogP contribution is -2.30. The van der Waals surface area contributed by atoms with Gasteiger partial charge in [0.1, 0.15) is 5.69 Å². The standard InChI is InChI=1S/C30H28N8OS/c1-17-5-6-26(40-17)21-3-2-4-23-28(21)36-30(35-23)29-22-13-24(33-16-25(22)37-38-29)19-12-20(15-32-14-19)34-27(39)11-18-7-9-31-10-8-18/h2-6,12-16,18,31H,7-11H2,1H3,(H,34,39)(H,35,36)(H,37,38). The third kappa shape index (κ3) is 4.76. The Labute approximate surface area is 234 Å². The molecule has 200 valence electrons. The first kappa shape index (κ1) is 24.6. The fourth-order valence-corrected chi connectivity index (χ4v) is 6.28. The Hall–Kier alpha value is -4.41. The molecule has 10 heteroatoms. The fourth-order valence-electron chi connectivity index (χ4n) is 5.39. The van der Waals surface area contributed by atoms with E-state index in [1.165, 1.54) is 9.75 Å². The minimum Gasteiger partial charge on any atom is -0.337 e. The Morgan fingerprint density at radius 2 is 1.98 bits per heavy atom. The average Bonchev–Trinajstić information content (AvgIpc) is 3.71. The maximum Gasteiger partial charge on any atom is 0.224 e. The maximum atomic E-state index is 12.7. The number of thiophene rings is 1. The summed E-state index contributed by atoms with van der Waals surface area (Å²) >= 11 is 1.76. The summed E-state index contributed by atoms with van der Waals surface area (Å²) in [6.45, 7) is 4.06. The zero-order valence-corrected chi connectivity index (χ0v) is 22.8. The second-order valence-corrected chi connectivity index (χ2v) is 11.6. The number of nitrogens with one attached hydrogen (secondary N) is 4. The number of carbonyl (C=O) groups is 1. The van der Waals surface area contributed by atoms with E-state index in [2.05, 4.69) is 60.9 Å². The van der Waals surface area contributed by atoms with Crippen LogP contribution in [0.15, 0.2) is 61.1 Å². The predicted molar refractivity (Wildman–Crippen MR) is 159 cm³/mol. The van der Waals surface area contributed by atoms with E-state index in [0.717, 1.165) is 70.4 Å². The van der Waals surface area contributed by atoms with Crippen LogP contribution in [0.1, 0.15) is 24.1 Å². The fraction of sp³-hybridized carbons (Fsp3) is 0.233. The number of H-pyrrole nitrogens is 2. The lowest BCUT2D eigenvalue weighted by atomic mass is 9.94. The molecule has 0 atom stereocenters. The normalized spacial score (nSPS) is 14.2. The van der Waals surface area contributed by atoms with Crippen LogP contribution in [0.4, 0.5) is 5.69 Å². The van der Waals surface area contributed by atoms with Gasteiger partial charge in [-0.1, -0.05) is 12.1 Å². The van der Waals surface area contributed by atoms with Crippen molar-refractivity contribution in [3.8, 4) is 33.2 Å². The number of hydrogen-bond acceptors (Lipinski definition) is 7. The molecule has 1 amide bonds. The molecule has 1 aliphatic rings. The Morgan fingerprint density at radius 1 is 1.07 bits per heavy atom. The van der Waals surface area contributed by atoms with Crippen LogP contribution in [0.5, 0.6) is 0 Å². The molecule has 0 aliphatic carbocycles. The smallest absolute Gasteiger partial charge is 0.224 e. The van der Waals surface area contributed by atoms with E-state index in [-0.39, 0.29) is 5.91 Å². The van der Waals surface area contributed by atoms with Crippen LogP contribution in [0, 0.1) is 12.8 Å². The van der Waals surface area contributed by atoms with E-state index >= 15 is 0 Å². The molecule has 9 nitrogen and oxygen atoms in total. The highest BCUT2D eigenvalue weighted by Gasteiger charge is 2.19. The molecule has 0 unspecified atom stereocenters. The number of fused-ring (bicyclic) bond motifs is 2. The van der Waals surface area contributed by atoms with Gasteiger partial charge in [-0.25, -0.2) is 4.98 Å². The van der Waals surface area contributed by atoms with Crippen LogP contribution in [0.3, 0.4) is 0 Å². The Morgan fingerprint density at radius 3 is 2.83 bits per heavy atom. The topological polar surface area (TPSA) is 124 Å². The van der Waals surface area contributed by atoms with Gasteiger partial charge >= 0.3 is 0 Å². The monoisotopic (exact) mass is 548 g/mol. The quantitative estimate of drug-likeness (QED) is 0.205. The predicted octanol–water partition coefficient (Wildman–Crippen LogP) is 5.93. The zero-order chi connectivity index (χ0) is 27.1. The molecule has 40 heavy (non-hydrogen) atoms. The molecule has 0 bridgehead atoms. The van der Waals surface area contributed by atoms with E-state index in [1.54, 1.807) is 29.9 Å². The number of aryl methyl sites for hydroxylation is 1. The molecule has 0 spiro atoms. The van der Waals surface area contributed by atoms with Gasteiger partial charge in [-0.15, -0.1) is 11.3 Å². The third-order valence-corrected chi connectivity index (χ3v) is 8.47. The number of anilines is 1. The summed E-state index contributed by atoms with van der Waals surface area (Å²) < 4.78 is 0. The van der Waals surface area contributed by atoms with Gasteiger partial charge in [0.05, 0.1) is 40.3 Å². The van der Waals surface area contributed by atoms with Crippen molar-refractivity contribution in [3.63, 3.8) is 0 Å². The average molecular weight is 549 g/mol. The molecule has 0 radical (unpaired) electrons. The molecule has 6 aromatic rings. The second-order valence-electron chi connectivity index (χ2n) is 10.3. The minimum atomic E-state index is 0.0216. The summed E-state index contributed by atoms with van der Waals surface area (Å²) in [5.74, 6) is 1.13. The number of amides is 1. The van der Waals surface area contributed by atoms with E-state index in [9.17, 15) is 4.79 Å². The van der Waals surface area contributed by atoms with E-state index in [4.69, 9.17) is 4.98 Å². The van der Waals surface area contributed by atoms with Gasteiger partial charge in [-0.3, -0.25) is 19.9 Å². The van der Waals surface area contributed by atoms with E-state index < -0.39 is 0 Å².